The Hall–Kier alpha value is -1.24. The third-order valence-corrected chi connectivity index (χ3v) is 3.23. The summed E-state index contributed by atoms with van der Waals surface area (Å²) in [5.41, 5.74) is 4.95. The molecule has 0 fully saturated rings. The van der Waals surface area contributed by atoms with Crippen molar-refractivity contribution in [2.24, 2.45) is 11.7 Å². The number of carboxylic acid groups (broad SMARTS) is 1. The van der Waals surface area contributed by atoms with Gasteiger partial charge in [-0.3, -0.25) is 14.4 Å². The van der Waals surface area contributed by atoms with E-state index in [0.717, 1.165) is 6.42 Å². The van der Waals surface area contributed by atoms with Crippen LogP contribution in [0.5, 0.6) is 0 Å². The number of hydrogen-bond donors (Lipinski definition) is 3. The van der Waals surface area contributed by atoms with Gasteiger partial charge in [-0.15, -0.1) is 0 Å². The summed E-state index contributed by atoms with van der Waals surface area (Å²) in [5, 5.41) is 11.5. The molecule has 0 aliphatic rings. The molecule has 4 N–H and O–H groups in total. The molecule has 18 heavy (non-hydrogen) atoms. The molecule has 0 aromatic heterocycles. The zero-order valence-electron chi connectivity index (χ0n) is 10.5. The zero-order valence-corrected chi connectivity index (χ0v) is 11.3. The molecule has 0 aliphatic heterocycles. The molecule has 104 valence electrons. The molecule has 0 saturated heterocycles. The number of nitrogens with two attached hydrogens (primary N) is 1. The number of carbonyl (C=O) groups excluding carboxylic acids is 2. The lowest BCUT2D eigenvalue weighted by atomic mass is 10.0. The summed E-state index contributed by atoms with van der Waals surface area (Å²) in [5.74, 6) is -1.33. The summed E-state index contributed by atoms with van der Waals surface area (Å²) in [7, 11) is 0. The van der Waals surface area contributed by atoms with Gasteiger partial charge in [0, 0.05) is 18.7 Å². The number of primary amides is 1. The van der Waals surface area contributed by atoms with Crippen LogP contribution in [0.4, 0.5) is 0 Å². The molecule has 1 unspecified atom stereocenters. The van der Waals surface area contributed by atoms with Gasteiger partial charge in [-0.25, -0.2) is 0 Å². The maximum absolute atomic E-state index is 11.4. The number of nitrogens with one attached hydrogen (secondary N) is 1. The second kappa shape index (κ2) is 9.76. The van der Waals surface area contributed by atoms with Gasteiger partial charge in [-0.2, -0.15) is 11.8 Å². The van der Waals surface area contributed by atoms with Gasteiger partial charge >= 0.3 is 5.97 Å². The normalized spacial score (nSPS) is 11.8. The van der Waals surface area contributed by atoms with E-state index in [-0.39, 0.29) is 24.6 Å². The Balaban J connectivity index is 3.73. The highest BCUT2D eigenvalue weighted by Gasteiger charge is 2.16. The van der Waals surface area contributed by atoms with Gasteiger partial charge in [-0.05, 0) is 6.42 Å². The van der Waals surface area contributed by atoms with Gasteiger partial charge in [0.1, 0.15) is 0 Å². The van der Waals surface area contributed by atoms with Crippen LogP contribution in [0.3, 0.4) is 0 Å². The molecular weight excluding hydrogens is 256 g/mol. The van der Waals surface area contributed by atoms with Crippen molar-refractivity contribution in [3.05, 3.63) is 0 Å². The summed E-state index contributed by atoms with van der Waals surface area (Å²) in [6.07, 6.45) is 1.57. The topological polar surface area (TPSA) is 109 Å². The number of amides is 2. The molecule has 0 radical (unpaired) electrons. The average Bonchev–Trinajstić information content (AvgIpc) is 2.29. The van der Waals surface area contributed by atoms with E-state index < -0.39 is 17.8 Å². The predicted molar refractivity (Wildman–Crippen MR) is 70.2 cm³/mol. The highest BCUT2D eigenvalue weighted by atomic mass is 32.2. The Bertz CT molecular complexity index is 297. The van der Waals surface area contributed by atoms with Crippen molar-refractivity contribution in [2.45, 2.75) is 26.2 Å². The monoisotopic (exact) mass is 276 g/mol. The van der Waals surface area contributed by atoms with Crippen molar-refractivity contribution < 1.29 is 19.5 Å². The molecule has 1 atom stereocenters. The highest BCUT2D eigenvalue weighted by molar-refractivity contribution is 7.99. The minimum absolute atomic E-state index is 0.155. The highest BCUT2D eigenvalue weighted by Crippen LogP contribution is 2.06. The number of hydrogen-bond acceptors (Lipinski definition) is 4. The standard InChI is InChI=1S/C11H20N2O4S/c1-2-3-8(11(16)17)6-13-10(15)4-5-18-7-9(12)14/h8H,2-7H2,1H3,(H2,12,14)(H,13,15)(H,16,17). The lowest BCUT2D eigenvalue weighted by Gasteiger charge is -2.12. The Kier molecular flexibility index (Phi) is 9.08. The number of carboxylic acids is 1. The minimum atomic E-state index is -0.889. The number of thioether (sulfide) groups is 1. The first-order chi connectivity index (χ1) is 8.47. The lowest BCUT2D eigenvalue weighted by Crippen LogP contribution is -2.33. The fraction of sp³-hybridized carbons (Fsp3) is 0.727. The van der Waals surface area contributed by atoms with Crippen molar-refractivity contribution in [1.29, 1.82) is 0 Å². The molecule has 0 saturated carbocycles. The van der Waals surface area contributed by atoms with Crippen LogP contribution in [0.2, 0.25) is 0 Å². The molecule has 0 aromatic carbocycles. The summed E-state index contributed by atoms with van der Waals surface area (Å²) in [6, 6.07) is 0. The summed E-state index contributed by atoms with van der Waals surface area (Å²) >= 11 is 1.29. The first-order valence-electron chi connectivity index (χ1n) is 5.82. The fourth-order valence-electron chi connectivity index (χ4n) is 1.32. The van der Waals surface area contributed by atoms with Gasteiger partial charge in [0.25, 0.3) is 0 Å². The maximum Gasteiger partial charge on any atom is 0.308 e. The summed E-state index contributed by atoms with van der Waals surface area (Å²) in [6.45, 7) is 2.06. The number of carbonyl (C=O) groups is 3. The maximum atomic E-state index is 11.4. The van der Waals surface area contributed by atoms with Gasteiger partial charge in [0.15, 0.2) is 0 Å². The molecule has 0 bridgehead atoms. The van der Waals surface area contributed by atoms with Gasteiger partial charge in [0.05, 0.1) is 11.7 Å². The second-order valence-electron chi connectivity index (χ2n) is 3.90. The zero-order chi connectivity index (χ0) is 14.0. The van der Waals surface area contributed by atoms with Crippen molar-refractivity contribution in [3.63, 3.8) is 0 Å². The number of aliphatic carboxylic acids is 1. The van der Waals surface area contributed by atoms with Crippen LogP contribution in [0.1, 0.15) is 26.2 Å². The average molecular weight is 276 g/mol. The summed E-state index contributed by atoms with van der Waals surface area (Å²) in [4.78, 5) is 32.7. The Morgan fingerprint density at radius 3 is 2.56 bits per heavy atom. The van der Waals surface area contributed by atoms with Crippen molar-refractivity contribution in [1.82, 2.24) is 5.32 Å². The van der Waals surface area contributed by atoms with E-state index >= 15 is 0 Å². The molecule has 0 rings (SSSR count). The Labute approximate surface area is 111 Å². The van der Waals surface area contributed by atoms with E-state index in [9.17, 15) is 14.4 Å². The fourth-order valence-corrected chi connectivity index (χ4v) is 2.00. The molecule has 0 aliphatic carbocycles. The van der Waals surface area contributed by atoms with Gasteiger partial charge in [0.2, 0.25) is 11.8 Å². The van der Waals surface area contributed by atoms with Crippen LogP contribution >= 0.6 is 11.8 Å². The van der Waals surface area contributed by atoms with E-state index in [4.69, 9.17) is 10.8 Å². The molecule has 2 amide bonds. The largest absolute Gasteiger partial charge is 0.481 e. The van der Waals surface area contributed by atoms with E-state index in [1.165, 1.54) is 11.8 Å². The Morgan fingerprint density at radius 1 is 1.39 bits per heavy atom. The third kappa shape index (κ3) is 8.86. The molecule has 0 spiro atoms. The molecule has 0 heterocycles. The Morgan fingerprint density at radius 2 is 2.06 bits per heavy atom. The van der Waals surface area contributed by atoms with Gasteiger partial charge < -0.3 is 16.2 Å². The SMILES string of the molecule is CCCC(CNC(=O)CCSCC(N)=O)C(=O)O. The molecule has 7 heteroatoms. The number of rotatable bonds is 10. The van der Waals surface area contributed by atoms with Crippen LogP contribution < -0.4 is 11.1 Å². The summed E-state index contributed by atoms with van der Waals surface area (Å²) < 4.78 is 0. The van der Waals surface area contributed by atoms with Crippen LogP contribution in [0, 0.1) is 5.92 Å². The van der Waals surface area contributed by atoms with Crippen LogP contribution in [-0.4, -0.2) is 40.9 Å². The quantitative estimate of drug-likeness (QED) is 0.494. The van der Waals surface area contributed by atoms with Crippen molar-refractivity contribution in [3.8, 4) is 0 Å². The first-order valence-corrected chi connectivity index (χ1v) is 6.98. The predicted octanol–water partition coefficient (Wildman–Crippen LogP) is 0.212. The molecule has 0 aromatic rings. The van der Waals surface area contributed by atoms with E-state index in [2.05, 4.69) is 5.32 Å². The van der Waals surface area contributed by atoms with Gasteiger partial charge in [-0.1, -0.05) is 13.3 Å². The smallest absolute Gasteiger partial charge is 0.308 e. The van der Waals surface area contributed by atoms with Crippen LogP contribution in [0.15, 0.2) is 0 Å². The van der Waals surface area contributed by atoms with E-state index in [1.807, 2.05) is 6.92 Å². The minimum Gasteiger partial charge on any atom is -0.481 e. The second-order valence-corrected chi connectivity index (χ2v) is 5.00. The van der Waals surface area contributed by atoms with E-state index in [0.29, 0.717) is 12.2 Å². The molecule has 6 nitrogen and oxygen atoms in total. The van der Waals surface area contributed by atoms with Crippen LogP contribution in [0.25, 0.3) is 0 Å². The third-order valence-electron chi connectivity index (χ3n) is 2.25. The van der Waals surface area contributed by atoms with E-state index in [1.54, 1.807) is 0 Å². The first kappa shape index (κ1) is 16.8. The molecular formula is C11H20N2O4S. The lowest BCUT2D eigenvalue weighted by molar-refractivity contribution is -0.142. The van der Waals surface area contributed by atoms with Crippen LogP contribution in [-0.2, 0) is 14.4 Å². The van der Waals surface area contributed by atoms with Crippen molar-refractivity contribution in [2.75, 3.05) is 18.1 Å². The van der Waals surface area contributed by atoms with Crippen molar-refractivity contribution >= 4 is 29.5 Å².